The average Bonchev–Trinajstić information content (AvgIpc) is 2.56. The minimum absolute atomic E-state index is 0.321. The second kappa shape index (κ2) is 4.23. The van der Waals surface area contributed by atoms with Gasteiger partial charge in [0.1, 0.15) is 11.9 Å². The Bertz CT molecular complexity index is 348. The molecule has 0 spiro atoms. The van der Waals surface area contributed by atoms with Crippen LogP contribution in [0, 0.1) is 13.8 Å². The fraction of sp³-hybridized carbons (Fsp3) is 0.538. The van der Waals surface area contributed by atoms with Crippen LogP contribution in [0.15, 0.2) is 18.2 Å². The fourth-order valence-corrected chi connectivity index (χ4v) is 2.19. The highest BCUT2D eigenvalue weighted by atomic mass is 16.5. The minimum atomic E-state index is 0.321. The van der Waals surface area contributed by atoms with E-state index in [2.05, 4.69) is 32.0 Å². The van der Waals surface area contributed by atoms with Gasteiger partial charge in [0, 0.05) is 6.04 Å². The van der Waals surface area contributed by atoms with Gasteiger partial charge in [0.05, 0.1) is 0 Å². The van der Waals surface area contributed by atoms with Crippen LogP contribution < -0.4 is 10.5 Å². The quantitative estimate of drug-likeness (QED) is 0.805. The Kier molecular flexibility index (Phi) is 2.96. The van der Waals surface area contributed by atoms with Crippen LogP contribution in [-0.4, -0.2) is 12.1 Å². The zero-order chi connectivity index (χ0) is 10.8. The predicted octanol–water partition coefficient (Wildman–Crippen LogP) is 2.56. The summed E-state index contributed by atoms with van der Waals surface area (Å²) in [6.45, 7) is 4.19. The molecule has 1 fully saturated rings. The molecule has 2 unspecified atom stereocenters. The van der Waals surface area contributed by atoms with Crippen LogP contribution in [0.5, 0.6) is 5.75 Å². The van der Waals surface area contributed by atoms with Crippen molar-refractivity contribution in [2.24, 2.45) is 5.73 Å². The maximum atomic E-state index is 5.95. The highest BCUT2D eigenvalue weighted by molar-refractivity contribution is 5.35. The van der Waals surface area contributed by atoms with Gasteiger partial charge in [0.15, 0.2) is 0 Å². The Morgan fingerprint density at radius 1 is 1.27 bits per heavy atom. The van der Waals surface area contributed by atoms with Gasteiger partial charge in [-0.15, -0.1) is 0 Å². The molecule has 2 nitrogen and oxygen atoms in total. The van der Waals surface area contributed by atoms with Crippen molar-refractivity contribution in [2.75, 3.05) is 0 Å². The van der Waals surface area contributed by atoms with Gasteiger partial charge in [-0.25, -0.2) is 0 Å². The van der Waals surface area contributed by atoms with Gasteiger partial charge in [-0.3, -0.25) is 0 Å². The number of aryl methyl sites for hydroxylation is 2. The van der Waals surface area contributed by atoms with Gasteiger partial charge in [0.25, 0.3) is 0 Å². The van der Waals surface area contributed by atoms with E-state index in [4.69, 9.17) is 10.5 Å². The summed E-state index contributed by atoms with van der Waals surface area (Å²) in [7, 11) is 0. The largest absolute Gasteiger partial charge is 0.490 e. The van der Waals surface area contributed by atoms with Crippen molar-refractivity contribution in [1.82, 2.24) is 0 Å². The smallest absolute Gasteiger partial charge is 0.122 e. The van der Waals surface area contributed by atoms with E-state index in [1.165, 1.54) is 11.1 Å². The molecule has 0 heterocycles. The zero-order valence-corrected chi connectivity index (χ0v) is 9.49. The van der Waals surface area contributed by atoms with Crippen LogP contribution in [0.25, 0.3) is 0 Å². The molecule has 2 heteroatoms. The van der Waals surface area contributed by atoms with Crippen molar-refractivity contribution in [3.63, 3.8) is 0 Å². The molecule has 15 heavy (non-hydrogen) atoms. The van der Waals surface area contributed by atoms with E-state index in [1.807, 2.05) is 0 Å². The summed E-state index contributed by atoms with van der Waals surface area (Å²) in [5, 5.41) is 0. The summed E-state index contributed by atoms with van der Waals surface area (Å²) in [6.07, 6.45) is 3.50. The Balaban J connectivity index is 2.04. The van der Waals surface area contributed by atoms with Gasteiger partial charge in [-0.05, 0) is 44.7 Å². The van der Waals surface area contributed by atoms with E-state index in [1.54, 1.807) is 0 Å². The molecule has 0 bridgehead atoms. The first-order valence-electron chi connectivity index (χ1n) is 5.64. The highest BCUT2D eigenvalue weighted by Gasteiger charge is 2.23. The minimum Gasteiger partial charge on any atom is -0.490 e. The van der Waals surface area contributed by atoms with Crippen LogP contribution >= 0.6 is 0 Å². The third kappa shape index (κ3) is 2.51. The topological polar surface area (TPSA) is 35.2 Å². The number of nitrogens with two attached hydrogens (primary N) is 1. The number of benzene rings is 1. The maximum absolute atomic E-state index is 5.95. The molecule has 1 aromatic rings. The summed E-state index contributed by atoms with van der Waals surface area (Å²) < 4.78 is 5.95. The first-order valence-corrected chi connectivity index (χ1v) is 5.64. The number of ether oxygens (including phenoxy) is 1. The van der Waals surface area contributed by atoms with Crippen LogP contribution in [0.2, 0.25) is 0 Å². The van der Waals surface area contributed by atoms with Crippen LogP contribution in [0.4, 0.5) is 0 Å². The third-order valence-corrected chi connectivity index (χ3v) is 3.05. The van der Waals surface area contributed by atoms with Crippen molar-refractivity contribution < 1.29 is 4.74 Å². The molecule has 0 amide bonds. The lowest BCUT2D eigenvalue weighted by atomic mass is 10.1. The standard InChI is InChI=1S/C13H19NO/c1-9-3-6-13(10(2)7-9)15-12-5-4-11(14)8-12/h3,6-7,11-12H,4-5,8,14H2,1-2H3. The Hall–Kier alpha value is -1.02. The maximum Gasteiger partial charge on any atom is 0.122 e. The van der Waals surface area contributed by atoms with Gasteiger partial charge in [-0.2, -0.15) is 0 Å². The SMILES string of the molecule is Cc1ccc(OC2CCC(N)C2)c(C)c1. The first-order chi connectivity index (χ1) is 7.15. The third-order valence-electron chi connectivity index (χ3n) is 3.05. The van der Waals surface area contributed by atoms with Crippen LogP contribution in [0.1, 0.15) is 30.4 Å². The van der Waals surface area contributed by atoms with E-state index in [0.717, 1.165) is 25.0 Å². The molecule has 1 aromatic carbocycles. The van der Waals surface area contributed by atoms with Crippen molar-refractivity contribution >= 4 is 0 Å². The van der Waals surface area contributed by atoms with Crippen molar-refractivity contribution in [1.29, 1.82) is 0 Å². The fourth-order valence-electron chi connectivity index (χ4n) is 2.19. The molecule has 1 saturated carbocycles. The van der Waals surface area contributed by atoms with E-state index in [-0.39, 0.29) is 0 Å². The van der Waals surface area contributed by atoms with Crippen molar-refractivity contribution in [3.05, 3.63) is 29.3 Å². The van der Waals surface area contributed by atoms with Crippen molar-refractivity contribution in [3.8, 4) is 5.75 Å². The molecule has 0 aliphatic heterocycles. The monoisotopic (exact) mass is 205 g/mol. The van der Waals surface area contributed by atoms with Gasteiger partial charge >= 0.3 is 0 Å². The van der Waals surface area contributed by atoms with Gasteiger partial charge in [0.2, 0.25) is 0 Å². The number of hydrogen-bond acceptors (Lipinski definition) is 2. The lowest BCUT2D eigenvalue weighted by molar-refractivity contribution is 0.207. The molecular formula is C13H19NO. The van der Waals surface area contributed by atoms with E-state index >= 15 is 0 Å². The van der Waals surface area contributed by atoms with Crippen LogP contribution in [-0.2, 0) is 0 Å². The molecule has 1 aliphatic carbocycles. The van der Waals surface area contributed by atoms with Gasteiger partial charge < -0.3 is 10.5 Å². The summed E-state index contributed by atoms with van der Waals surface area (Å²) in [5.74, 6) is 1.01. The normalized spacial score (nSPS) is 25.5. The van der Waals surface area contributed by atoms with E-state index in [9.17, 15) is 0 Å². The Morgan fingerprint density at radius 2 is 2.07 bits per heavy atom. The number of hydrogen-bond donors (Lipinski definition) is 1. The lowest BCUT2D eigenvalue weighted by Crippen LogP contribution is -2.19. The molecule has 2 atom stereocenters. The predicted molar refractivity (Wildman–Crippen MR) is 62.2 cm³/mol. The molecule has 0 saturated heterocycles. The second-order valence-corrected chi connectivity index (χ2v) is 4.58. The average molecular weight is 205 g/mol. The molecular weight excluding hydrogens is 186 g/mol. The molecule has 2 rings (SSSR count). The molecule has 1 aliphatic rings. The Labute approximate surface area is 91.4 Å². The van der Waals surface area contributed by atoms with Crippen molar-refractivity contribution in [2.45, 2.75) is 45.3 Å². The molecule has 0 aromatic heterocycles. The van der Waals surface area contributed by atoms with E-state index < -0.39 is 0 Å². The summed E-state index contributed by atoms with van der Waals surface area (Å²) in [6, 6.07) is 6.65. The second-order valence-electron chi connectivity index (χ2n) is 4.58. The summed E-state index contributed by atoms with van der Waals surface area (Å²) in [4.78, 5) is 0. The zero-order valence-electron chi connectivity index (χ0n) is 9.49. The molecule has 0 radical (unpaired) electrons. The Morgan fingerprint density at radius 3 is 2.67 bits per heavy atom. The van der Waals surface area contributed by atoms with Crippen LogP contribution in [0.3, 0.4) is 0 Å². The highest BCUT2D eigenvalue weighted by Crippen LogP contribution is 2.26. The molecule has 2 N–H and O–H groups in total. The summed E-state index contributed by atoms with van der Waals surface area (Å²) >= 11 is 0. The molecule has 82 valence electrons. The number of rotatable bonds is 2. The van der Waals surface area contributed by atoms with E-state index in [0.29, 0.717) is 12.1 Å². The first kappa shape index (κ1) is 10.5. The lowest BCUT2D eigenvalue weighted by Gasteiger charge is -2.15. The summed E-state index contributed by atoms with van der Waals surface area (Å²) in [5.41, 5.74) is 8.36. The van der Waals surface area contributed by atoms with Gasteiger partial charge in [-0.1, -0.05) is 17.7 Å².